The molecule has 1 fully saturated rings. The van der Waals surface area contributed by atoms with E-state index in [4.69, 9.17) is 9.84 Å². The summed E-state index contributed by atoms with van der Waals surface area (Å²) in [5, 5.41) is 12.0. The van der Waals surface area contributed by atoms with Gasteiger partial charge in [0.1, 0.15) is 22.6 Å². The number of nitrogens with zero attached hydrogens (tertiary/aromatic N) is 2. The highest BCUT2D eigenvalue weighted by molar-refractivity contribution is 9.10. The van der Waals surface area contributed by atoms with Gasteiger partial charge in [0, 0.05) is 13.2 Å². The Bertz CT molecular complexity index is 441. The number of piperidine rings is 1. The number of carbonyl (C=O) groups is 1. The number of imidazole rings is 1. The van der Waals surface area contributed by atoms with Crippen LogP contribution in [0.15, 0.2) is 10.8 Å². The number of ether oxygens (including phenoxy) is 1. The van der Waals surface area contributed by atoms with Crippen LogP contribution < -0.4 is 5.32 Å². The normalized spacial score (nSPS) is 18.8. The third-order valence-corrected chi connectivity index (χ3v) is 3.52. The monoisotopic (exact) mass is 317 g/mol. The van der Waals surface area contributed by atoms with Gasteiger partial charge in [-0.15, -0.1) is 0 Å². The van der Waals surface area contributed by atoms with Gasteiger partial charge in [-0.05, 0) is 41.9 Å². The third kappa shape index (κ3) is 2.73. The van der Waals surface area contributed by atoms with Crippen LogP contribution in [0.4, 0.5) is 0 Å². The number of aromatic nitrogens is 2. The van der Waals surface area contributed by atoms with Crippen LogP contribution in [-0.4, -0.2) is 40.3 Å². The summed E-state index contributed by atoms with van der Waals surface area (Å²) in [6, 6.07) is 0. The number of aryl methyl sites for hydroxylation is 1. The Balaban J connectivity index is 2.28. The van der Waals surface area contributed by atoms with E-state index >= 15 is 0 Å². The number of rotatable bonds is 4. The van der Waals surface area contributed by atoms with Crippen molar-refractivity contribution in [2.24, 2.45) is 7.05 Å². The lowest BCUT2D eigenvalue weighted by Gasteiger charge is -2.36. The van der Waals surface area contributed by atoms with Crippen LogP contribution in [0.2, 0.25) is 0 Å². The zero-order chi connectivity index (χ0) is 13.2. The first kappa shape index (κ1) is 13.5. The van der Waals surface area contributed by atoms with Crippen LogP contribution in [-0.2, 0) is 22.2 Å². The maximum absolute atomic E-state index is 10.7. The van der Waals surface area contributed by atoms with Gasteiger partial charge in [-0.2, -0.15) is 0 Å². The molecule has 0 aromatic carbocycles. The topological polar surface area (TPSA) is 76.4 Å². The lowest BCUT2D eigenvalue weighted by atomic mass is 9.91. The standard InChI is InChI=1S/C11H16BrN3O3/c1-15-6-8(12)14-10(15)11(18-7-9(16)17)2-4-13-5-3-11/h6,13H,2-5,7H2,1H3,(H,16,17). The molecule has 0 atom stereocenters. The van der Waals surface area contributed by atoms with Crippen molar-refractivity contribution < 1.29 is 14.6 Å². The smallest absolute Gasteiger partial charge is 0.329 e. The first-order chi connectivity index (χ1) is 8.53. The number of nitrogens with one attached hydrogen (secondary N) is 1. The Morgan fingerprint density at radius 1 is 1.67 bits per heavy atom. The molecule has 0 aliphatic carbocycles. The molecule has 1 aliphatic heterocycles. The predicted octanol–water partition coefficient (Wildman–Crippen LogP) is 0.862. The SMILES string of the molecule is Cn1cc(Br)nc1C1(OCC(=O)O)CCNCC1. The van der Waals surface area contributed by atoms with E-state index in [1.54, 1.807) is 0 Å². The van der Waals surface area contributed by atoms with E-state index in [1.165, 1.54) is 0 Å². The summed E-state index contributed by atoms with van der Waals surface area (Å²) >= 11 is 3.33. The summed E-state index contributed by atoms with van der Waals surface area (Å²) in [7, 11) is 1.89. The second-order valence-corrected chi connectivity index (χ2v) is 5.24. The van der Waals surface area contributed by atoms with Crippen molar-refractivity contribution in [1.82, 2.24) is 14.9 Å². The molecule has 0 bridgehead atoms. The number of carboxylic acid groups (broad SMARTS) is 1. The highest BCUT2D eigenvalue weighted by Crippen LogP contribution is 2.34. The summed E-state index contributed by atoms with van der Waals surface area (Å²) in [5.41, 5.74) is -0.607. The Morgan fingerprint density at radius 3 is 2.83 bits per heavy atom. The minimum atomic E-state index is -0.957. The molecule has 1 aromatic heterocycles. The largest absolute Gasteiger partial charge is 0.480 e. The van der Waals surface area contributed by atoms with Crippen molar-refractivity contribution >= 4 is 21.9 Å². The molecule has 0 saturated carbocycles. The fourth-order valence-corrected chi connectivity index (χ4v) is 2.79. The predicted molar refractivity (Wildman–Crippen MR) is 68.3 cm³/mol. The number of hydrogen-bond acceptors (Lipinski definition) is 4. The molecule has 0 amide bonds. The molecule has 2 rings (SSSR count). The lowest BCUT2D eigenvalue weighted by molar-refractivity contribution is -0.154. The van der Waals surface area contributed by atoms with Crippen LogP contribution >= 0.6 is 15.9 Å². The molecule has 6 nitrogen and oxygen atoms in total. The quantitative estimate of drug-likeness (QED) is 0.861. The second kappa shape index (κ2) is 5.38. The number of hydrogen-bond donors (Lipinski definition) is 2. The van der Waals surface area contributed by atoms with Crippen molar-refractivity contribution in [3.05, 3.63) is 16.6 Å². The fourth-order valence-electron chi connectivity index (χ4n) is 2.32. The lowest BCUT2D eigenvalue weighted by Crippen LogP contribution is -2.44. The van der Waals surface area contributed by atoms with Crippen LogP contribution in [0.5, 0.6) is 0 Å². The zero-order valence-electron chi connectivity index (χ0n) is 10.1. The fraction of sp³-hybridized carbons (Fsp3) is 0.636. The van der Waals surface area contributed by atoms with Gasteiger partial charge in [0.15, 0.2) is 0 Å². The third-order valence-electron chi connectivity index (χ3n) is 3.14. The Labute approximate surface area is 113 Å². The van der Waals surface area contributed by atoms with Crippen LogP contribution in [0.25, 0.3) is 0 Å². The maximum atomic E-state index is 10.7. The van der Waals surface area contributed by atoms with Crippen LogP contribution in [0.3, 0.4) is 0 Å². The van der Waals surface area contributed by atoms with Crippen LogP contribution in [0, 0.1) is 0 Å². The van der Waals surface area contributed by atoms with E-state index in [0.717, 1.165) is 36.4 Å². The molecule has 1 aromatic rings. The molecule has 1 saturated heterocycles. The first-order valence-electron chi connectivity index (χ1n) is 5.79. The Hall–Kier alpha value is -0.920. The molecular formula is C11H16BrN3O3. The van der Waals surface area contributed by atoms with Gasteiger partial charge in [0.25, 0.3) is 0 Å². The van der Waals surface area contributed by atoms with Crippen molar-refractivity contribution in [1.29, 1.82) is 0 Å². The van der Waals surface area contributed by atoms with Gasteiger partial charge in [-0.3, -0.25) is 0 Å². The first-order valence-corrected chi connectivity index (χ1v) is 6.59. The molecule has 2 N–H and O–H groups in total. The molecule has 0 unspecified atom stereocenters. The summed E-state index contributed by atoms with van der Waals surface area (Å²) in [5.74, 6) is -0.182. The van der Waals surface area contributed by atoms with E-state index in [-0.39, 0.29) is 6.61 Å². The van der Waals surface area contributed by atoms with E-state index in [0.29, 0.717) is 0 Å². The summed E-state index contributed by atoms with van der Waals surface area (Å²) in [6.07, 6.45) is 3.29. The molecule has 18 heavy (non-hydrogen) atoms. The zero-order valence-corrected chi connectivity index (χ0v) is 11.7. The molecule has 0 radical (unpaired) electrons. The van der Waals surface area contributed by atoms with Crippen molar-refractivity contribution in [2.75, 3.05) is 19.7 Å². The number of aliphatic carboxylic acids is 1. The van der Waals surface area contributed by atoms with Gasteiger partial charge in [-0.25, -0.2) is 9.78 Å². The molecule has 2 heterocycles. The van der Waals surface area contributed by atoms with Gasteiger partial charge in [0.2, 0.25) is 0 Å². The van der Waals surface area contributed by atoms with Crippen molar-refractivity contribution in [3.8, 4) is 0 Å². The van der Waals surface area contributed by atoms with Gasteiger partial charge >= 0.3 is 5.97 Å². The molecular weight excluding hydrogens is 302 g/mol. The summed E-state index contributed by atoms with van der Waals surface area (Å²) in [4.78, 5) is 15.1. The van der Waals surface area contributed by atoms with Crippen molar-refractivity contribution in [3.63, 3.8) is 0 Å². The number of carboxylic acids is 1. The Kier molecular flexibility index (Phi) is 4.04. The summed E-state index contributed by atoms with van der Waals surface area (Å²) in [6.45, 7) is 1.29. The van der Waals surface area contributed by atoms with E-state index < -0.39 is 11.6 Å². The average molecular weight is 318 g/mol. The van der Waals surface area contributed by atoms with Crippen LogP contribution in [0.1, 0.15) is 18.7 Å². The van der Waals surface area contributed by atoms with Crippen molar-refractivity contribution in [2.45, 2.75) is 18.4 Å². The minimum absolute atomic E-state index is 0.301. The van der Waals surface area contributed by atoms with Gasteiger partial charge in [-0.1, -0.05) is 0 Å². The maximum Gasteiger partial charge on any atom is 0.329 e. The second-order valence-electron chi connectivity index (χ2n) is 4.42. The highest BCUT2D eigenvalue weighted by atomic mass is 79.9. The van der Waals surface area contributed by atoms with E-state index in [2.05, 4.69) is 26.2 Å². The van der Waals surface area contributed by atoms with Gasteiger partial charge in [0.05, 0.1) is 0 Å². The number of halogens is 1. The summed E-state index contributed by atoms with van der Waals surface area (Å²) < 4.78 is 8.29. The van der Waals surface area contributed by atoms with E-state index in [1.807, 2.05) is 17.8 Å². The highest BCUT2D eigenvalue weighted by Gasteiger charge is 2.39. The molecule has 0 spiro atoms. The molecule has 1 aliphatic rings. The molecule has 100 valence electrons. The van der Waals surface area contributed by atoms with Gasteiger partial charge < -0.3 is 19.7 Å². The Morgan fingerprint density at radius 2 is 2.33 bits per heavy atom. The van der Waals surface area contributed by atoms with E-state index in [9.17, 15) is 4.79 Å². The molecule has 7 heteroatoms. The minimum Gasteiger partial charge on any atom is -0.480 e. The average Bonchev–Trinajstić information content (AvgIpc) is 2.68.